The van der Waals surface area contributed by atoms with Crippen molar-refractivity contribution in [2.45, 2.75) is 26.9 Å². The summed E-state index contributed by atoms with van der Waals surface area (Å²) >= 11 is 2.05. The number of carbonyl (C=O) groups excluding carboxylic acids is 1. The molecule has 0 radical (unpaired) electrons. The zero-order valence-corrected chi connectivity index (χ0v) is 20.4. The molecule has 33 heavy (non-hydrogen) atoms. The van der Waals surface area contributed by atoms with Crippen LogP contribution in [-0.2, 0) is 13.1 Å². The van der Waals surface area contributed by atoms with Crippen molar-refractivity contribution in [3.8, 4) is 5.75 Å². The SMILES string of the molecule is CCOc1ccc(CN(Cc2ncccn2)C(=O)c2cc3cc(C)c(NI)nc3cn2)nc1. The van der Waals surface area contributed by atoms with Crippen LogP contribution in [0.25, 0.3) is 10.9 Å². The second-order valence-corrected chi connectivity index (χ2v) is 7.79. The Morgan fingerprint density at radius 3 is 2.61 bits per heavy atom. The monoisotopic (exact) mass is 555 g/mol. The predicted octanol–water partition coefficient (Wildman–Crippen LogP) is 4.13. The van der Waals surface area contributed by atoms with Crippen LogP contribution in [0.1, 0.15) is 34.5 Å². The van der Waals surface area contributed by atoms with Crippen LogP contribution < -0.4 is 8.27 Å². The maximum atomic E-state index is 13.5. The average Bonchev–Trinajstić information content (AvgIpc) is 2.84. The largest absolute Gasteiger partial charge is 0.492 e. The van der Waals surface area contributed by atoms with E-state index in [-0.39, 0.29) is 19.0 Å². The van der Waals surface area contributed by atoms with Gasteiger partial charge in [-0.2, -0.15) is 0 Å². The summed E-state index contributed by atoms with van der Waals surface area (Å²) in [6, 6.07) is 9.17. The predicted molar refractivity (Wildman–Crippen MR) is 133 cm³/mol. The molecule has 0 aromatic carbocycles. The molecular weight excluding hydrogens is 533 g/mol. The molecule has 168 valence electrons. The van der Waals surface area contributed by atoms with E-state index in [2.05, 4.69) is 28.5 Å². The van der Waals surface area contributed by atoms with E-state index in [0.29, 0.717) is 29.4 Å². The first kappa shape index (κ1) is 22.8. The van der Waals surface area contributed by atoms with Crippen molar-refractivity contribution in [1.29, 1.82) is 0 Å². The summed E-state index contributed by atoms with van der Waals surface area (Å²) in [4.78, 5) is 37.0. The van der Waals surface area contributed by atoms with Crippen LogP contribution in [0.15, 0.2) is 55.1 Å². The van der Waals surface area contributed by atoms with Gasteiger partial charge >= 0.3 is 0 Å². The standard InChI is InChI=1S/C23H22IN7O2/c1-3-33-18-6-5-17(27-11-18)13-31(14-21-25-7-4-8-26-21)23(32)19-10-16-9-15(2)22(30-24)29-20(16)12-28-19/h4-12H,3,13-14H2,1-2H3,(H,29,30). The van der Waals surface area contributed by atoms with Crippen molar-refractivity contribution in [3.05, 3.63) is 77.9 Å². The Kier molecular flexibility index (Phi) is 7.23. The molecule has 4 aromatic heterocycles. The molecule has 4 aromatic rings. The number of aryl methyl sites for hydroxylation is 1. The van der Waals surface area contributed by atoms with Crippen LogP contribution in [0.5, 0.6) is 5.75 Å². The number of rotatable bonds is 8. The average molecular weight is 555 g/mol. The van der Waals surface area contributed by atoms with Gasteiger partial charge in [0.1, 0.15) is 23.1 Å². The van der Waals surface area contributed by atoms with E-state index in [1.807, 2.05) is 54.9 Å². The molecular formula is C23H22IN7O2. The minimum Gasteiger partial charge on any atom is -0.492 e. The van der Waals surface area contributed by atoms with E-state index in [1.165, 1.54) is 0 Å². The number of hydrogen-bond donors (Lipinski definition) is 1. The lowest BCUT2D eigenvalue weighted by Gasteiger charge is -2.21. The molecule has 0 spiro atoms. The number of nitrogens with zero attached hydrogens (tertiary/aromatic N) is 6. The van der Waals surface area contributed by atoms with Crippen LogP contribution in [0.3, 0.4) is 0 Å². The van der Waals surface area contributed by atoms with E-state index < -0.39 is 0 Å². The summed E-state index contributed by atoms with van der Waals surface area (Å²) in [5.74, 6) is 1.75. The Hall–Kier alpha value is -3.41. The zero-order chi connectivity index (χ0) is 23.2. The molecule has 10 heteroatoms. The third kappa shape index (κ3) is 5.51. The van der Waals surface area contributed by atoms with Crippen molar-refractivity contribution in [1.82, 2.24) is 29.8 Å². The van der Waals surface area contributed by atoms with Gasteiger partial charge < -0.3 is 13.2 Å². The summed E-state index contributed by atoms with van der Waals surface area (Å²) in [5.41, 5.74) is 2.73. The van der Waals surface area contributed by atoms with E-state index in [9.17, 15) is 4.79 Å². The fraction of sp³-hybridized carbons (Fsp3) is 0.217. The quantitative estimate of drug-likeness (QED) is 0.256. The number of nitrogens with one attached hydrogen (secondary N) is 1. The first-order chi connectivity index (χ1) is 16.1. The summed E-state index contributed by atoms with van der Waals surface area (Å²) in [6.45, 7) is 4.95. The van der Waals surface area contributed by atoms with Gasteiger partial charge in [-0.1, -0.05) is 0 Å². The number of fused-ring (bicyclic) bond motifs is 1. The number of amides is 1. The van der Waals surface area contributed by atoms with Crippen molar-refractivity contribution in [2.24, 2.45) is 0 Å². The Morgan fingerprint density at radius 2 is 1.91 bits per heavy atom. The third-order valence-electron chi connectivity index (χ3n) is 4.90. The van der Waals surface area contributed by atoms with Crippen molar-refractivity contribution in [2.75, 3.05) is 10.1 Å². The maximum absolute atomic E-state index is 13.5. The van der Waals surface area contributed by atoms with E-state index in [0.717, 1.165) is 22.5 Å². The summed E-state index contributed by atoms with van der Waals surface area (Å²) in [6.07, 6.45) is 6.58. The highest BCUT2D eigenvalue weighted by Gasteiger charge is 2.20. The maximum Gasteiger partial charge on any atom is 0.273 e. The summed E-state index contributed by atoms with van der Waals surface area (Å²) in [7, 11) is 0. The van der Waals surface area contributed by atoms with Crippen molar-refractivity contribution in [3.63, 3.8) is 0 Å². The highest BCUT2D eigenvalue weighted by Crippen LogP contribution is 2.22. The van der Waals surface area contributed by atoms with E-state index >= 15 is 0 Å². The minimum atomic E-state index is -0.242. The second kappa shape index (κ2) is 10.5. The Bertz CT molecular complexity index is 1250. The first-order valence-corrected chi connectivity index (χ1v) is 11.4. The number of aromatic nitrogens is 5. The van der Waals surface area contributed by atoms with Gasteiger partial charge in [-0.15, -0.1) is 0 Å². The number of pyridine rings is 3. The lowest BCUT2D eigenvalue weighted by molar-refractivity contribution is 0.0717. The number of anilines is 1. The number of halogens is 1. The molecule has 0 aliphatic heterocycles. The van der Waals surface area contributed by atoms with Gasteiger partial charge in [0.2, 0.25) is 0 Å². The number of hydrogen-bond acceptors (Lipinski definition) is 8. The molecule has 0 bridgehead atoms. The molecule has 9 nitrogen and oxygen atoms in total. The molecule has 0 saturated heterocycles. The number of ether oxygens (including phenoxy) is 1. The van der Waals surface area contributed by atoms with Gasteiger partial charge in [0, 0.05) is 17.8 Å². The molecule has 1 amide bonds. The smallest absolute Gasteiger partial charge is 0.273 e. The van der Waals surface area contributed by atoms with Crippen LogP contribution in [-0.4, -0.2) is 42.3 Å². The highest BCUT2D eigenvalue weighted by molar-refractivity contribution is 14.1. The van der Waals surface area contributed by atoms with Gasteiger partial charge in [-0.3, -0.25) is 9.78 Å². The highest BCUT2D eigenvalue weighted by atomic mass is 127. The minimum absolute atomic E-state index is 0.225. The molecule has 1 N–H and O–H groups in total. The molecule has 0 aliphatic rings. The van der Waals surface area contributed by atoms with Crippen LogP contribution in [0, 0.1) is 6.92 Å². The Labute approximate surface area is 205 Å². The molecule has 0 fully saturated rings. The molecule has 4 rings (SSSR count). The Morgan fingerprint density at radius 1 is 1.09 bits per heavy atom. The molecule has 0 unspecified atom stereocenters. The van der Waals surface area contributed by atoms with Crippen LogP contribution in [0.4, 0.5) is 5.82 Å². The van der Waals surface area contributed by atoms with Gasteiger partial charge in [0.25, 0.3) is 5.91 Å². The third-order valence-corrected chi connectivity index (χ3v) is 5.41. The summed E-state index contributed by atoms with van der Waals surface area (Å²) < 4.78 is 8.50. The van der Waals surface area contributed by atoms with Gasteiger partial charge in [-0.25, -0.2) is 19.9 Å². The first-order valence-electron chi connectivity index (χ1n) is 10.3. The van der Waals surface area contributed by atoms with E-state index in [4.69, 9.17) is 4.74 Å². The van der Waals surface area contributed by atoms with Crippen molar-refractivity contribution < 1.29 is 9.53 Å². The second-order valence-electron chi connectivity index (χ2n) is 7.26. The van der Waals surface area contributed by atoms with Gasteiger partial charge in [0.05, 0.1) is 66.2 Å². The molecule has 0 aliphatic carbocycles. The molecule has 0 saturated carbocycles. The van der Waals surface area contributed by atoms with Gasteiger partial charge in [-0.05, 0) is 49.7 Å². The van der Waals surface area contributed by atoms with Crippen LogP contribution >= 0.6 is 22.9 Å². The lowest BCUT2D eigenvalue weighted by Crippen LogP contribution is -2.31. The molecule has 4 heterocycles. The fourth-order valence-corrected chi connectivity index (χ4v) is 3.84. The zero-order valence-electron chi connectivity index (χ0n) is 18.2. The summed E-state index contributed by atoms with van der Waals surface area (Å²) in [5, 5.41) is 0.844. The van der Waals surface area contributed by atoms with Gasteiger partial charge in [0.15, 0.2) is 0 Å². The topological polar surface area (TPSA) is 106 Å². The van der Waals surface area contributed by atoms with E-state index in [1.54, 1.807) is 41.8 Å². The van der Waals surface area contributed by atoms with Crippen LogP contribution in [0.2, 0.25) is 0 Å². The number of carbonyl (C=O) groups is 1. The molecule has 0 atom stereocenters. The lowest BCUT2D eigenvalue weighted by atomic mass is 10.1. The van der Waals surface area contributed by atoms with Crippen molar-refractivity contribution >= 4 is 45.5 Å². The Balaban J connectivity index is 1.64. The normalized spacial score (nSPS) is 10.8. The fourth-order valence-electron chi connectivity index (χ4n) is 3.29.